The minimum atomic E-state index is -0.0804. The van der Waals surface area contributed by atoms with E-state index in [1.807, 2.05) is 49.3 Å². The Morgan fingerprint density at radius 3 is 2.54 bits per heavy atom. The Labute approximate surface area is 147 Å². The fourth-order valence-electron chi connectivity index (χ4n) is 2.68. The lowest BCUT2D eigenvalue weighted by Crippen LogP contribution is -2.46. The highest BCUT2D eigenvalue weighted by molar-refractivity contribution is 7.80. The summed E-state index contributed by atoms with van der Waals surface area (Å²) in [4.78, 5) is 18.4. The largest absolute Gasteiger partial charge is 0.379 e. The first kappa shape index (κ1) is 16.9. The molecule has 128 valence electrons. The monoisotopic (exact) mass is 346 g/mol. The van der Waals surface area contributed by atoms with Gasteiger partial charge in [0.15, 0.2) is 5.11 Å². The van der Waals surface area contributed by atoms with Gasteiger partial charge in [0, 0.05) is 32.9 Å². The van der Waals surface area contributed by atoms with Crippen molar-refractivity contribution in [1.29, 1.82) is 0 Å². The third-order valence-electron chi connectivity index (χ3n) is 4.13. The predicted octanol–water partition coefficient (Wildman–Crippen LogP) is 1.10. The van der Waals surface area contributed by atoms with Crippen molar-refractivity contribution < 1.29 is 9.53 Å². The van der Waals surface area contributed by atoms with E-state index in [2.05, 4.69) is 10.2 Å². The molecule has 7 heteroatoms. The summed E-state index contributed by atoms with van der Waals surface area (Å²) in [6, 6.07) is 8.03. The van der Waals surface area contributed by atoms with Gasteiger partial charge in [-0.1, -0.05) is 12.1 Å². The van der Waals surface area contributed by atoms with Crippen LogP contribution in [0.25, 0.3) is 6.08 Å². The molecule has 0 spiro atoms. The Hall–Kier alpha value is -1.96. The van der Waals surface area contributed by atoms with Gasteiger partial charge < -0.3 is 15.0 Å². The fourth-order valence-corrected chi connectivity index (χ4v) is 2.93. The maximum absolute atomic E-state index is 12.6. The van der Waals surface area contributed by atoms with Crippen LogP contribution in [0.3, 0.4) is 0 Å². The number of ether oxygens (including phenoxy) is 1. The molecule has 3 rings (SSSR count). The number of anilines is 1. The highest BCUT2D eigenvalue weighted by atomic mass is 32.1. The van der Waals surface area contributed by atoms with Crippen LogP contribution in [0.2, 0.25) is 0 Å². The molecule has 0 saturated carbocycles. The summed E-state index contributed by atoms with van der Waals surface area (Å²) in [6.07, 6.45) is 1.84. The molecule has 1 amide bonds. The Kier molecular flexibility index (Phi) is 5.13. The summed E-state index contributed by atoms with van der Waals surface area (Å²) in [6.45, 7) is 3.53. The lowest BCUT2D eigenvalue weighted by Gasteiger charge is -2.29. The quantitative estimate of drug-likeness (QED) is 0.651. The first-order chi connectivity index (χ1) is 11.5. The van der Waals surface area contributed by atoms with Crippen molar-refractivity contribution >= 4 is 35.0 Å². The van der Waals surface area contributed by atoms with Crippen LogP contribution in [-0.2, 0) is 9.53 Å². The van der Waals surface area contributed by atoms with Crippen molar-refractivity contribution in [2.45, 2.75) is 0 Å². The number of hydrogen-bond acceptors (Lipinski definition) is 5. The van der Waals surface area contributed by atoms with Crippen LogP contribution in [0.4, 0.5) is 5.69 Å². The number of carbonyl (C=O) groups excluding carboxylic acids is 1. The third kappa shape index (κ3) is 3.75. The lowest BCUT2D eigenvalue weighted by molar-refractivity contribution is -0.124. The Morgan fingerprint density at radius 2 is 1.92 bits per heavy atom. The molecule has 6 nitrogen and oxygen atoms in total. The summed E-state index contributed by atoms with van der Waals surface area (Å²) < 4.78 is 5.34. The smallest absolute Gasteiger partial charge is 0.277 e. The Bertz CT molecular complexity index is 651. The second kappa shape index (κ2) is 7.29. The first-order valence-electron chi connectivity index (χ1n) is 7.96. The van der Waals surface area contributed by atoms with E-state index in [-0.39, 0.29) is 5.91 Å². The standard InChI is InChI=1S/C17H22N4O2S/c1-19(2)14-5-3-13(4-6-14)11-15-16(22)21(17(24)18-15)12-20-7-9-23-10-8-20/h3-6,11H,7-10,12H2,1-2H3,(H,18,24)/b15-11-. The van der Waals surface area contributed by atoms with E-state index < -0.39 is 0 Å². The zero-order valence-electron chi connectivity index (χ0n) is 14.0. The number of nitrogens with zero attached hydrogens (tertiary/aromatic N) is 3. The SMILES string of the molecule is CN(C)c1ccc(/C=C2\NC(=S)N(CN3CCOCC3)C2=O)cc1. The maximum Gasteiger partial charge on any atom is 0.277 e. The predicted molar refractivity (Wildman–Crippen MR) is 98.6 cm³/mol. The van der Waals surface area contributed by atoms with Gasteiger partial charge in [0.1, 0.15) is 5.70 Å². The highest BCUT2D eigenvalue weighted by Gasteiger charge is 2.32. The number of rotatable bonds is 4. The minimum Gasteiger partial charge on any atom is -0.379 e. The zero-order chi connectivity index (χ0) is 17.1. The van der Waals surface area contributed by atoms with Crippen molar-refractivity contribution in [2.75, 3.05) is 52.0 Å². The van der Waals surface area contributed by atoms with Crippen LogP contribution in [-0.4, -0.2) is 67.9 Å². The summed E-state index contributed by atoms with van der Waals surface area (Å²) in [5.74, 6) is -0.0804. The number of hydrogen-bond donors (Lipinski definition) is 1. The molecular weight excluding hydrogens is 324 g/mol. The molecule has 2 heterocycles. The topological polar surface area (TPSA) is 48.0 Å². The maximum atomic E-state index is 12.6. The second-order valence-corrected chi connectivity index (χ2v) is 6.47. The fraction of sp³-hybridized carbons (Fsp3) is 0.412. The number of carbonyl (C=O) groups is 1. The van der Waals surface area contributed by atoms with Crippen LogP contribution >= 0.6 is 12.2 Å². The highest BCUT2D eigenvalue weighted by Crippen LogP contribution is 2.18. The Morgan fingerprint density at radius 1 is 1.25 bits per heavy atom. The van der Waals surface area contributed by atoms with Crippen molar-refractivity contribution in [3.05, 3.63) is 35.5 Å². The summed E-state index contributed by atoms with van der Waals surface area (Å²) in [5, 5.41) is 3.49. The van der Waals surface area contributed by atoms with Gasteiger partial charge in [0.05, 0.1) is 19.9 Å². The Balaban J connectivity index is 1.70. The molecule has 0 bridgehead atoms. The average Bonchev–Trinajstić information content (AvgIpc) is 2.84. The van der Waals surface area contributed by atoms with Gasteiger partial charge in [-0.3, -0.25) is 14.6 Å². The normalized spacial score (nSPS) is 20.6. The van der Waals surface area contributed by atoms with Gasteiger partial charge in [0.2, 0.25) is 0 Å². The molecule has 2 aliphatic heterocycles. The van der Waals surface area contributed by atoms with Gasteiger partial charge >= 0.3 is 0 Å². The van der Waals surface area contributed by atoms with Gasteiger partial charge in [0.25, 0.3) is 5.91 Å². The molecule has 0 aliphatic carbocycles. The van der Waals surface area contributed by atoms with Crippen LogP contribution in [0.1, 0.15) is 5.56 Å². The molecule has 0 unspecified atom stereocenters. The molecular formula is C17H22N4O2S. The number of benzene rings is 1. The molecule has 24 heavy (non-hydrogen) atoms. The number of morpholine rings is 1. The van der Waals surface area contributed by atoms with Crippen LogP contribution in [0.15, 0.2) is 30.0 Å². The van der Waals surface area contributed by atoms with Gasteiger partial charge in [-0.2, -0.15) is 0 Å². The molecule has 1 N–H and O–H groups in total. The van der Waals surface area contributed by atoms with E-state index >= 15 is 0 Å². The van der Waals surface area contributed by atoms with Gasteiger partial charge in [-0.15, -0.1) is 0 Å². The number of thiocarbonyl (C=S) groups is 1. The zero-order valence-corrected chi connectivity index (χ0v) is 14.8. The number of nitrogens with one attached hydrogen (secondary N) is 1. The van der Waals surface area contributed by atoms with Crippen molar-refractivity contribution in [3.63, 3.8) is 0 Å². The third-order valence-corrected chi connectivity index (χ3v) is 4.45. The van der Waals surface area contributed by atoms with Crippen LogP contribution in [0, 0.1) is 0 Å². The summed E-state index contributed by atoms with van der Waals surface area (Å²) in [7, 11) is 3.99. The molecule has 2 saturated heterocycles. The van der Waals surface area contributed by atoms with E-state index in [4.69, 9.17) is 17.0 Å². The second-order valence-electron chi connectivity index (χ2n) is 6.08. The van der Waals surface area contributed by atoms with Crippen molar-refractivity contribution in [1.82, 2.24) is 15.1 Å². The van der Waals surface area contributed by atoms with E-state index in [1.54, 1.807) is 4.90 Å². The molecule has 1 aromatic carbocycles. The average molecular weight is 346 g/mol. The summed E-state index contributed by atoms with van der Waals surface area (Å²) in [5.41, 5.74) is 2.60. The first-order valence-corrected chi connectivity index (χ1v) is 8.37. The van der Waals surface area contributed by atoms with Crippen molar-refractivity contribution in [3.8, 4) is 0 Å². The summed E-state index contributed by atoms with van der Waals surface area (Å²) >= 11 is 5.32. The molecule has 2 aliphatic rings. The van der Waals surface area contributed by atoms with Crippen LogP contribution in [0.5, 0.6) is 0 Å². The van der Waals surface area contributed by atoms with Crippen LogP contribution < -0.4 is 10.2 Å². The van der Waals surface area contributed by atoms with E-state index in [0.717, 1.165) is 24.3 Å². The lowest BCUT2D eigenvalue weighted by atomic mass is 10.1. The molecule has 0 radical (unpaired) electrons. The number of amides is 1. The molecule has 1 aromatic rings. The van der Waals surface area contributed by atoms with Gasteiger partial charge in [-0.05, 0) is 36.0 Å². The van der Waals surface area contributed by atoms with E-state index in [0.29, 0.717) is 30.7 Å². The minimum absolute atomic E-state index is 0.0804. The molecule has 0 aromatic heterocycles. The van der Waals surface area contributed by atoms with Crippen molar-refractivity contribution in [2.24, 2.45) is 0 Å². The van der Waals surface area contributed by atoms with E-state index in [1.165, 1.54) is 0 Å². The molecule has 0 atom stereocenters. The van der Waals surface area contributed by atoms with E-state index in [9.17, 15) is 4.79 Å². The van der Waals surface area contributed by atoms with Gasteiger partial charge in [-0.25, -0.2) is 0 Å². The molecule has 2 fully saturated rings.